The number of aliphatic hydroxyl groups excluding tert-OH is 1. The average Bonchev–Trinajstić information content (AvgIpc) is 3.81. The highest BCUT2D eigenvalue weighted by atomic mass is 32.5. The van der Waals surface area contributed by atoms with Crippen LogP contribution < -0.4 is 17.0 Å². The van der Waals surface area contributed by atoms with Gasteiger partial charge in [0.15, 0.2) is 34.5 Å². The highest BCUT2D eigenvalue weighted by Crippen LogP contribution is 2.58. The van der Waals surface area contributed by atoms with Crippen LogP contribution in [0.1, 0.15) is 18.0 Å². The van der Waals surface area contributed by atoms with Crippen molar-refractivity contribution < 1.29 is 46.9 Å². The van der Waals surface area contributed by atoms with Crippen molar-refractivity contribution in [2.75, 3.05) is 37.0 Å². The van der Waals surface area contributed by atoms with Crippen molar-refractivity contribution in [3.05, 3.63) is 29.3 Å². The number of aliphatic hydroxyl groups is 1. The summed E-state index contributed by atoms with van der Waals surface area (Å²) in [7, 11) is -3.54. The number of H-pyrrole nitrogens is 1. The number of hydrogen-bond acceptors (Lipinski definition) is 17. The van der Waals surface area contributed by atoms with E-state index in [2.05, 4.69) is 29.9 Å². The Balaban J connectivity index is 1.16. The highest BCUT2D eigenvalue weighted by Gasteiger charge is 2.64. The molecule has 7 heterocycles. The average molecular weight is 737 g/mol. The van der Waals surface area contributed by atoms with Crippen LogP contribution in [0, 0.1) is 0 Å². The van der Waals surface area contributed by atoms with Crippen LogP contribution in [0.2, 0.25) is 0 Å². The van der Waals surface area contributed by atoms with Gasteiger partial charge in [-0.15, -0.1) is 11.8 Å². The molecule has 8 N–H and O–H groups in total. The molecule has 2 bridgehead atoms. The predicted molar refractivity (Wildman–Crippen MR) is 165 cm³/mol. The van der Waals surface area contributed by atoms with Crippen molar-refractivity contribution in [3.63, 3.8) is 0 Å². The Morgan fingerprint density at radius 3 is 2.74 bits per heavy atom. The minimum atomic E-state index is -4.37. The molecule has 4 aromatic heterocycles. The second kappa shape index (κ2) is 12.0. The third-order valence-corrected chi connectivity index (χ3v) is 11.5. The summed E-state index contributed by atoms with van der Waals surface area (Å²) < 4.78 is 60.2. The maximum atomic E-state index is 16.4. The number of fused-ring (bicyclic) bond motifs is 4. The molecule has 0 aliphatic carbocycles. The van der Waals surface area contributed by atoms with Gasteiger partial charge in [-0.2, -0.15) is 4.98 Å². The van der Waals surface area contributed by atoms with E-state index in [1.807, 2.05) is 0 Å². The fourth-order valence-electron chi connectivity index (χ4n) is 5.97. The van der Waals surface area contributed by atoms with E-state index < -0.39 is 74.9 Å². The number of hydrogen-bond donors (Lipinski definition) is 6. The van der Waals surface area contributed by atoms with Crippen LogP contribution in [-0.4, -0.2) is 109 Å². The van der Waals surface area contributed by atoms with E-state index in [1.165, 1.54) is 28.1 Å². The van der Waals surface area contributed by atoms with Gasteiger partial charge in [-0.1, -0.05) is 0 Å². The topological polar surface area (TPSA) is 283 Å². The van der Waals surface area contributed by atoms with Crippen molar-refractivity contribution in [2.24, 2.45) is 0 Å². The summed E-state index contributed by atoms with van der Waals surface area (Å²) in [5.41, 5.74) is 7.77. The van der Waals surface area contributed by atoms with Crippen LogP contribution in [0.4, 0.5) is 16.2 Å². The molecule has 3 fully saturated rings. The molecule has 0 aromatic carbocycles. The number of aromatic amines is 1. The van der Waals surface area contributed by atoms with Gasteiger partial charge in [0.2, 0.25) is 5.95 Å². The maximum Gasteiger partial charge on any atom is 0.325 e. The second-order valence-corrected chi connectivity index (χ2v) is 15.7. The van der Waals surface area contributed by atoms with Crippen molar-refractivity contribution in [1.29, 1.82) is 0 Å². The van der Waals surface area contributed by atoms with E-state index in [1.54, 1.807) is 0 Å². The van der Waals surface area contributed by atoms with Gasteiger partial charge in [0.05, 0.1) is 25.9 Å². The predicted octanol–water partition coefficient (Wildman–Crippen LogP) is -0.488. The van der Waals surface area contributed by atoms with E-state index in [0.29, 0.717) is 5.65 Å². The van der Waals surface area contributed by atoms with E-state index in [9.17, 15) is 24.3 Å². The molecule has 2 unspecified atom stereocenters. The van der Waals surface area contributed by atoms with Crippen LogP contribution in [0.5, 0.6) is 0 Å². The molecule has 0 saturated carbocycles. The van der Waals surface area contributed by atoms with Gasteiger partial charge in [-0.3, -0.25) is 28.0 Å². The van der Waals surface area contributed by atoms with Crippen LogP contribution in [0.3, 0.4) is 0 Å². The lowest BCUT2D eigenvalue weighted by molar-refractivity contribution is -0.183. The van der Waals surface area contributed by atoms with Crippen LogP contribution in [0.15, 0.2) is 23.8 Å². The van der Waals surface area contributed by atoms with E-state index in [-0.39, 0.29) is 47.2 Å². The molecule has 3 aliphatic heterocycles. The van der Waals surface area contributed by atoms with Gasteiger partial charge in [0, 0.05) is 18.8 Å². The quantitative estimate of drug-likeness (QED) is 0.106. The Bertz CT molecular complexity index is 1990. The van der Waals surface area contributed by atoms with Crippen molar-refractivity contribution in [1.82, 2.24) is 39.0 Å². The summed E-state index contributed by atoms with van der Waals surface area (Å²) in [5.74, 6) is -0.269. The fraction of sp³-hybridized carbons (Fsp3) is 0.545. The lowest BCUT2D eigenvalue weighted by atomic mass is 9.97. The zero-order valence-corrected chi connectivity index (χ0v) is 27.3. The van der Waals surface area contributed by atoms with Crippen molar-refractivity contribution in [2.45, 2.75) is 47.6 Å². The summed E-state index contributed by atoms with van der Waals surface area (Å²) in [6.45, 7) is -5.69. The molecule has 47 heavy (non-hydrogen) atoms. The van der Waals surface area contributed by atoms with E-state index in [4.69, 9.17) is 46.3 Å². The molecule has 4 aromatic rings. The Kier molecular flexibility index (Phi) is 8.42. The maximum absolute atomic E-state index is 16.4. The molecule has 7 rings (SSSR count). The number of imidazole rings is 2. The van der Waals surface area contributed by atoms with E-state index >= 15 is 4.39 Å². The molecule has 25 heteroatoms. The lowest BCUT2D eigenvalue weighted by Gasteiger charge is -2.34. The van der Waals surface area contributed by atoms with Crippen LogP contribution in [0.25, 0.3) is 22.3 Å². The molecule has 254 valence electrons. The fourth-order valence-corrected chi connectivity index (χ4v) is 9.64. The second-order valence-electron chi connectivity index (χ2n) is 11.0. The molecular weight excluding hydrogens is 709 g/mol. The lowest BCUT2D eigenvalue weighted by Crippen LogP contribution is -2.46. The van der Waals surface area contributed by atoms with Gasteiger partial charge in [-0.05, 0) is 11.8 Å². The number of ether oxygens (including phenoxy) is 2. The normalized spacial score (nSPS) is 32.4. The van der Waals surface area contributed by atoms with Crippen LogP contribution in [-0.2, 0) is 39.4 Å². The van der Waals surface area contributed by atoms with Crippen LogP contribution >= 0.6 is 26.7 Å². The number of nitrogens with two attached hydrogens (primary N) is 2. The number of alkyl halides is 1. The first-order valence-electron chi connectivity index (χ1n) is 13.8. The minimum absolute atomic E-state index is 0.0365. The highest BCUT2D eigenvalue weighted by molar-refractivity contribution is 8.07. The van der Waals surface area contributed by atoms with Gasteiger partial charge in [0.1, 0.15) is 41.1 Å². The number of nitrogens with zero attached hydrogens (tertiary/aromatic N) is 7. The number of halogens is 1. The Hall–Kier alpha value is -2.66. The molecule has 0 amide bonds. The number of thioether (sulfide) groups is 1. The zero-order chi connectivity index (χ0) is 33.3. The molecule has 3 aliphatic rings. The SMILES string of the molecule is Nc1nc2c(ncn2[C@@H]2SC[C@](F)(CCO)[C@H]2OP(O)(=S)OC[C@@]23CO[C@@H]([C@H](n4cnc5c(N)ncnc54)O2)[C@@H]3O[PH](=O)O)c(=O)[nH]1. The number of rotatable bonds is 11. The third kappa shape index (κ3) is 5.67. The summed E-state index contributed by atoms with van der Waals surface area (Å²) in [6, 6.07) is 0. The Labute approximate surface area is 272 Å². The molecular formula is C22H27FN10O10P2S2. The Morgan fingerprint density at radius 1 is 1.21 bits per heavy atom. The molecule has 9 atom stereocenters. The third-order valence-electron chi connectivity index (χ3n) is 8.10. The number of aromatic nitrogens is 8. The first-order chi connectivity index (χ1) is 22.3. The first kappa shape index (κ1) is 32.9. The Morgan fingerprint density at radius 2 is 1.98 bits per heavy atom. The van der Waals surface area contributed by atoms with Crippen molar-refractivity contribution >= 4 is 72.6 Å². The first-order valence-corrected chi connectivity index (χ1v) is 18.7. The summed E-state index contributed by atoms with van der Waals surface area (Å²) in [5, 5.41) is 8.68. The molecule has 20 nitrogen and oxygen atoms in total. The minimum Gasteiger partial charge on any atom is -0.396 e. The van der Waals surface area contributed by atoms with Gasteiger partial charge < -0.3 is 44.9 Å². The summed E-state index contributed by atoms with van der Waals surface area (Å²) >= 11 is 6.38. The largest absolute Gasteiger partial charge is 0.396 e. The molecule has 0 spiro atoms. The number of nitrogen functional groups attached to an aromatic ring is 2. The number of nitrogens with one attached hydrogen (secondary N) is 1. The van der Waals surface area contributed by atoms with Gasteiger partial charge >= 0.3 is 15.0 Å². The smallest absolute Gasteiger partial charge is 0.325 e. The zero-order valence-electron chi connectivity index (χ0n) is 23.8. The van der Waals surface area contributed by atoms with Gasteiger partial charge in [-0.25, -0.2) is 24.3 Å². The molecule has 3 saturated heterocycles. The standard InChI is InChI=1S/C22H27FN10O10P2S2/c23-21(1-2-34)5-47-19(33-8-29-10-16(33)30-20(25)31-17(10)35)13(21)43-45(38,46)40-4-22-3-39-11(12(22)42-44(36)37)18(41-22)32-7-28-9-14(24)26-6-27-15(9)32/h6-8,11-13,18-19,34,44H,1-5H2,(H,36,37)(H,38,46)(H2,24,26,27)(H3,25,30,31,35)/t11-,12+,13+,18-,19-,21-,22-,45?/m1/s1. The van der Waals surface area contributed by atoms with E-state index in [0.717, 1.165) is 11.8 Å². The number of anilines is 2. The monoisotopic (exact) mass is 736 g/mol. The van der Waals surface area contributed by atoms with Gasteiger partial charge in [0.25, 0.3) is 5.56 Å². The van der Waals surface area contributed by atoms with Crippen molar-refractivity contribution in [3.8, 4) is 0 Å². The molecule has 0 radical (unpaired) electrons. The summed E-state index contributed by atoms with van der Waals surface area (Å²) in [4.78, 5) is 56.2. The summed E-state index contributed by atoms with van der Waals surface area (Å²) in [6.07, 6.45) is -1.17.